The normalized spacial score (nSPS) is 24.4. The van der Waals surface area contributed by atoms with E-state index in [9.17, 15) is 8.42 Å². The Labute approximate surface area is 139 Å². The van der Waals surface area contributed by atoms with Crippen LogP contribution in [0.4, 0.5) is 0 Å². The predicted octanol–water partition coefficient (Wildman–Crippen LogP) is 0.638. The van der Waals surface area contributed by atoms with Crippen molar-refractivity contribution in [3.63, 3.8) is 0 Å². The second-order valence-corrected chi connectivity index (χ2v) is 7.96. The molecule has 2 aliphatic heterocycles. The lowest BCUT2D eigenvalue weighted by Gasteiger charge is -2.16. The highest BCUT2D eigenvalue weighted by Gasteiger charge is 2.41. The van der Waals surface area contributed by atoms with Crippen molar-refractivity contribution in [1.29, 1.82) is 0 Å². The monoisotopic (exact) mass is 350 g/mol. The van der Waals surface area contributed by atoms with Gasteiger partial charge in [0.1, 0.15) is 0 Å². The number of H-pyrrole nitrogens is 1. The van der Waals surface area contributed by atoms with Crippen molar-refractivity contribution in [3.05, 3.63) is 41.2 Å². The van der Waals surface area contributed by atoms with Crippen molar-refractivity contribution in [2.75, 3.05) is 20.2 Å². The summed E-state index contributed by atoms with van der Waals surface area (Å²) in [6, 6.07) is 5.19. The van der Waals surface area contributed by atoms with Crippen LogP contribution in [0.3, 0.4) is 0 Å². The largest absolute Gasteiger partial charge is 0.379 e. The molecule has 1 fully saturated rings. The highest BCUT2D eigenvalue weighted by atomic mass is 32.2. The van der Waals surface area contributed by atoms with Gasteiger partial charge < -0.3 is 9.47 Å². The van der Waals surface area contributed by atoms with Crippen LogP contribution in [0.25, 0.3) is 0 Å². The number of rotatable bonds is 4. The molecule has 0 bridgehead atoms. The molecule has 24 heavy (non-hydrogen) atoms. The quantitative estimate of drug-likeness (QED) is 0.869. The molecule has 0 radical (unpaired) electrons. The van der Waals surface area contributed by atoms with E-state index in [1.54, 1.807) is 25.4 Å². The Bertz CT molecular complexity index is 837. The fraction of sp³-hybridized carbons (Fsp3) is 0.467. The van der Waals surface area contributed by atoms with Gasteiger partial charge in [0.15, 0.2) is 0 Å². The number of fused-ring (bicyclic) bond motifs is 1. The first-order valence-electron chi connectivity index (χ1n) is 7.68. The summed E-state index contributed by atoms with van der Waals surface area (Å²) in [7, 11) is -2.00. The van der Waals surface area contributed by atoms with Gasteiger partial charge in [-0.2, -0.15) is 19.7 Å². The fourth-order valence-corrected chi connectivity index (χ4v) is 4.83. The third kappa shape index (κ3) is 2.53. The molecule has 2 aliphatic rings. The summed E-state index contributed by atoms with van der Waals surface area (Å²) in [6.07, 6.45) is 1.36. The second kappa shape index (κ2) is 5.92. The van der Waals surface area contributed by atoms with E-state index in [2.05, 4.69) is 15.4 Å². The third-order valence-electron chi connectivity index (χ3n) is 4.68. The molecule has 9 heteroatoms. The number of hydrogen-bond donors (Lipinski definition) is 1. The smallest absolute Gasteiger partial charge is 0.243 e. The van der Waals surface area contributed by atoms with Gasteiger partial charge in [-0.3, -0.25) is 0 Å². The van der Waals surface area contributed by atoms with E-state index in [0.717, 1.165) is 11.1 Å². The molecule has 2 atom stereocenters. The van der Waals surface area contributed by atoms with Crippen molar-refractivity contribution in [1.82, 2.24) is 19.7 Å². The summed E-state index contributed by atoms with van der Waals surface area (Å²) >= 11 is 0. The van der Waals surface area contributed by atoms with Crippen LogP contribution in [0.15, 0.2) is 29.3 Å². The molecule has 3 heterocycles. The molecular formula is C15H18N4O4S. The van der Waals surface area contributed by atoms with Gasteiger partial charge in [0, 0.05) is 26.1 Å². The first kappa shape index (κ1) is 15.7. The SMILES string of the molecule is CO[C@@H]1CN(S(=O)(=O)c2ccc3c(c2)COC3)C[C@H]1c1cn[nH]n1. The molecule has 1 aromatic carbocycles. The number of hydrogen-bond acceptors (Lipinski definition) is 6. The molecule has 4 rings (SSSR count). The Balaban J connectivity index is 1.63. The van der Waals surface area contributed by atoms with Crippen molar-refractivity contribution in [3.8, 4) is 0 Å². The van der Waals surface area contributed by atoms with Crippen LogP contribution in [0.5, 0.6) is 0 Å². The second-order valence-electron chi connectivity index (χ2n) is 6.02. The zero-order valence-electron chi connectivity index (χ0n) is 13.2. The number of nitrogens with one attached hydrogen (secondary N) is 1. The van der Waals surface area contributed by atoms with Gasteiger partial charge in [-0.1, -0.05) is 6.07 Å². The van der Waals surface area contributed by atoms with Gasteiger partial charge in [-0.15, -0.1) is 0 Å². The number of methoxy groups -OCH3 is 1. The van der Waals surface area contributed by atoms with Crippen LogP contribution >= 0.6 is 0 Å². The predicted molar refractivity (Wildman–Crippen MR) is 83.6 cm³/mol. The number of sulfonamides is 1. The lowest BCUT2D eigenvalue weighted by molar-refractivity contribution is 0.101. The Hall–Kier alpha value is -1.81. The standard InChI is InChI=1S/C15H18N4O4S/c1-22-15-7-19(6-13(15)14-5-16-18-17-14)24(20,21)12-3-2-10-8-23-9-11(10)4-12/h2-5,13,15H,6-9H2,1H3,(H,16,17,18)/t13-,15+/m0/s1. The highest BCUT2D eigenvalue weighted by molar-refractivity contribution is 7.89. The fourth-order valence-electron chi connectivity index (χ4n) is 3.31. The molecule has 8 nitrogen and oxygen atoms in total. The summed E-state index contributed by atoms with van der Waals surface area (Å²) in [5.74, 6) is -0.138. The summed E-state index contributed by atoms with van der Waals surface area (Å²) in [5, 5.41) is 10.5. The maximum absolute atomic E-state index is 13.0. The van der Waals surface area contributed by atoms with Crippen molar-refractivity contribution < 1.29 is 17.9 Å². The Kier molecular flexibility index (Phi) is 3.87. The molecule has 0 aliphatic carbocycles. The molecule has 1 aromatic heterocycles. The summed E-state index contributed by atoms with van der Waals surface area (Å²) in [5.41, 5.74) is 2.69. The summed E-state index contributed by atoms with van der Waals surface area (Å²) in [4.78, 5) is 0.294. The summed E-state index contributed by atoms with van der Waals surface area (Å²) in [6.45, 7) is 1.62. The molecule has 0 amide bonds. The number of nitrogens with zero attached hydrogens (tertiary/aromatic N) is 3. The van der Waals surface area contributed by atoms with E-state index < -0.39 is 10.0 Å². The molecule has 1 N–H and O–H groups in total. The van der Waals surface area contributed by atoms with Gasteiger partial charge in [-0.25, -0.2) is 8.42 Å². The van der Waals surface area contributed by atoms with Gasteiger partial charge in [0.2, 0.25) is 10.0 Å². The zero-order chi connectivity index (χ0) is 16.7. The minimum absolute atomic E-state index is 0.138. The van der Waals surface area contributed by atoms with Crippen LogP contribution in [0.1, 0.15) is 22.7 Å². The van der Waals surface area contributed by atoms with Gasteiger partial charge >= 0.3 is 0 Å². The van der Waals surface area contributed by atoms with Gasteiger partial charge in [0.25, 0.3) is 0 Å². The van der Waals surface area contributed by atoms with Crippen molar-refractivity contribution in [2.45, 2.75) is 30.1 Å². The minimum Gasteiger partial charge on any atom is -0.379 e. The summed E-state index contributed by atoms with van der Waals surface area (Å²) < 4.78 is 38.3. The zero-order valence-corrected chi connectivity index (χ0v) is 14.0. The van der Waals surface area contributed by atoms with E-state index in [0.29, 0.717) is 36.9 Å². The molecule has 0 unspecified atom stereocenters. The first-order chi connectivity index (χ1) is 11.6. The molecule has 128 valence electrons. The maximum Gasteiger partial charge on any atom is 0.243 e. The number of ether oxygens (including phenoxy) is 2. The number of aromatic amines is 1. The van der Waals surface area contributed by atoms with Crippen molar-refractivity contribution >= 4 is 10.0 Å². The van der Waals surface area contributed by atoms with E-state index in [1.807, 2.05) is 6.07 Å². The molecule has 0 spiro atoms. The van der Waals surface area contributed by atoms with E-state index in [4.69, 9.17) is 9.47 Å². The van der Waals surface area contributed by atoms with Crippen LogP contribution in [-0.4, -0.2) is 54.4 Å². The minimum atomic E-state index is -3.59. The average molecular weight is 350 g/mol. The highest BCUT2D eigenvalue weighted by Crippen LogP contribution is 2.33. The Morgan fingerprint density at radius 3 is 2.88 bits per heavy atom. The topological polar surface area (TPSA) is 97.4 Å². The van der Waals surface area contributed by atoms with Crippen molar-refractivity contribution in [2.24, 2.45) is 0 Å². The molecule has 0 saturated carbocycles. The lowest BCUT2D eigenvalue weighted by atomic mass is 10.0. The van der Waals surface area contributed by atoms with E-state index in [1.165, 1.54) is 4.31 Å². The molecule has 2 aromatic rings. The van der Waals surface area contributed by atoms with Gasteiger partial charge in [0.05, 0.1) is 36.1 Å². The number of benzene rings is 1. The van der Waals surface area contributed by atoms with E-state index in [-0.39, 0.29) is 12.0 Å². The lowest BCUT2D eigenvalue weighted by Crippen LogP contribution is -2.30. The Morgan fingerprint density at radius 2 is 2.12 bits per heavy atom. The van der Waals surface area contributed by atoms with E-state index >= 15 is 0 Å². The van der Waals surface area contributed by atoms with Gasteiger partial charge in [-0.05, 0) is 23.3 Å². The van der Waals surface area contributed by atoms with Crippen LogP contribution in [-0.2, 0) is 32.7 Å². The third-order valence-corrected chi connectivity index (χ3v) is 6.51. The molecule has 1 saturated heterocycles. The molecular weight excluding hydrogens is 332 g/mol. The van der Waals surface area contributed by atoms with Crippen LogP contribution in [0.2, 0.25) is 0 Å². The average Bonchev–Trinajstić information content (AvgIpc) is 3.31. The Morgan fingerprint density at radius 1 is 1.29 bits per heavy atom. The van der Waals surface area contributed by atoms with Crippen LogP contribution < -0.4 is 0 Å². The van der Waals surface area contributed by atoms with Crippen LogP contribution in [0, 0.1) is 0 Å². The number of aromatic nitrogens is 3. The first-order valence-corrected chi connectivity index (χ1v) is 9.12. The maximum atomic E-state index is 13.0.